The highest BCUT2D eigenvalue weighted by Gasteiger charge is 2.25. The van der Waals surface area contributed by atoms with E-state index >= 15 is 0 Å². The number of β-amino-alcohol motifs (C(OH)–C–C–N with tert-alkyl or cyclic N) is 1. The molecule has 3 rings (SSSR count). The molecule has 1 aromatic rings. The molecule has 0 bridgehead atoms. The molecular formula is C17H26N2O3S. The van der Waals surface area contributed by atoms with Gasteiger partial charge in [0.1, 0.15) is 0 Å². The lowest BCUT2D eigenvalue weighted by atomic mass is 9.98. The topological polar surface area (TPSA) is 60.9 Å². The summed E-state index contributed by atoms with van der Waals surface area (Å²) in [4.78, 5) is 2.32. The van der Waals surface area contributed by atoms with Gasteiger partial charge in [0.05, 0.1) is 18.0 Å². The molecule has 6 heteroatoms. The Morgan fingerprint density at radius 3 is 2.57 bits per heavy atom. The third-order valence-corrected chi connectivity index (χ3v) is 6.02. The van der Waals surface area contributed by atoms with Crippen molar-refractivity contribution in [2.45, 2.75) is 38.2 Å². The van der Waals surface area contributed by atoms with Crippen LogP contribution in [0.4, 0.5) is 5.69 Å². The van der Waals surface area contributed by atoms with Crippen LogP contribution in [0.15, 0.2) is 18.2 Å². The second-order valence-electron chi connectivity index (χ2n) is 6.70. The van der Waals surface area contributed by atoms with Crippen LogP contribution in [-0.4, -0.2) is 50.9 Å². The van der Waals surface area contributed by atoms with Gasteiger partial charge in [-0.3, -0.25) is 4.31 Å². The number of likely N-dealkylation sites (tertiary alicyclic amines) is 1. The molecule has 0 aromatic heterocycles. The molecule has 2 aliphatic heterocycles. The van der Waals surface area contributed by atoms with Crippen LogP contribution >= 0.6 is 0 Å². The molecule has 1 saturated heterocycles. The summed E-state index contributed by atoms with van der Waals surface area (Å²) in [5.74, 6) is 0. The van der Waals surface area contributed by atoms with Gasteiger partial charge in [0, 0.05) is 13.1 Å². The lowest BCUT2D eigenvalue weighted by Crippen LogP contribution is -2.35. The molecule has 2 heterocycles. The maximum atomic E-state index is 11.9. The van der Waals surface area contributed by atoms with Crippen molar-refractivity contribution in [3.63, 3.8) is 0 Å². The van der Waals surface area contributed by atoms with Crippen molar-refractivity contribution in [1.82, 2.24) is 4.90 Å². The molecule has 0 spiro atoms. The van der Waals surface area contributed by atoms with Gasteiger partial charge >= 0.3 is 0 Å². The normalized spacial score (nSPS) is 21.0. The minimum absolute atomic E-state index is 0.507. The number of nitrogens with zero attached hydrogens (tertiary/aromatic N) is 2. The van der Waals surface area contributed by atoms with Crippen LogP contribution in [0.2, 0.25) is 0 Å². The second-order valence-corrected chi connectivity index (χ2v) is 8.61. The van der Waals surface area contributed by atoms with Crippen LogP contribution in [0, 0.1) is 0 Å². The van der Waals surface area contributed by atoms with E-state index in [2.05, 4.69) is 4.90 Å². The zero-order valence-corrected chi connectivity index (χ0v) is 14.6. The number of hydrogen-bond acceptors (Lipinski definition) is 4. The standard InChI is InChI=1S/C17H26N2O3S/c1-23(21,22)19-11-5-6-14-12-15(7-8-16(14)19)17(20)13-18-9-3-2-4-10-18/h7-8,12,17,20H,2-6,9-11,13H2,1H3/t17-/m0/s1. The van der Waals surface area contributed by atoms with E-state index in [0.29, 0.717) is 13.1 Å². The van der Waals surface area contributed by atoms with Crippen molar-refractivity contribution in [1.29, 1.82) is 0 Å². The molecule has 1 fully saturated rings. The molecule has 2 aliphatic rings. The largest absolute Gasteiger partial charge is 0.387 e. The van der Waals surface area contributed by atoms with Gasteiger partial charge in [0.2, 0.25) is 10.0 Å². The summed E-state index contributed by atoms with van der Waals surface area (Å²) < 4.78 is 25.3. The van der Waals surface area contributed by atoms with Gasteiger partial charge in [-0.1, -0.05) is 18.6 Å². The van der Waals surface area contributed by atoms with Crippen LogP contribution in [-0.2, 0) is 16.4 Å². The average Bonchev–Trinajstić information content (AvgIpc) is 2.53. The van der Waals surface area contributed by atoms with E-state index < -0.39 is 16.1 Å². The number of benzene rings is 1. The molecule has 0 unspecified atom stereocenters. The summed E-state index contributed by atoms with van der Waals surface area (Å²) in [5, 5.41) is 10.5. The molecule has 1 aromatic carbocycles. The Bertz CT molecular complexity index is 654. The number of fused-ring (bicyclic) bond motifs is 1. The van der Waals surface area contributed by atoms with Crippen LogP contribution in [0.1, 0.15) is 42.9 Å². The number of sulfonamides is 1. The lowest BCUT2D eigenvalue weighted by molar-refractivity contribution is 0.101. The van der Waals surface area contributed by atoms with E-state index in [1.807, 2.05) is 18.2 Å². The van der Waals surface area contributed by atoms with E-state index in [4.69, 9.17) is 0 Å². The van der Waals surface area contributed by atoms with Crippen molar-refractivity contribution in [2.75, 3.05) is 36.7 Å². The summed E-state index contributed by atoms with van der Waals surface area (Å²) in [7, 11) is -3.23. The fourth-order valence-electron chi connectivity index (χ4n) is 3.63. The predicted octanol–water partition coefficient (Wildman–Crippen LogP) is 1.92. The molecule has 1 atom stereocenters. The van der Waals surface area contributed by atoms with Gasteiger partial charge in [-0.2, -0.15) is 0 Å². The van der Waals surface area contributed by atoms with Crippen molar-refractivity contribution < 1.29 is 13.5 Å². The van der Waals surface area contributed by atoms with Crippen LogP contribution in [0.25, 0.3) is 0 Å². The van der Waals surface area contributed by atoms with Gasteiger partial charge in [-0.15, -0.1) is 0 Å². The first-order valence-corrected chi connectivity index (χ1v) is 10.3. The molecule has 23 heavy (non-hydrogen) atoms. The molecule has 0 saturated carbocycles. The minimum Gasteiger partial charge on any atom is -0.387 e. The maximum Gasteiger partial charge on any atom is 0.232 e. The van der Waals surface area contributed by atoms with Crippen LogP contribution in [0.3, 0.4) is 0 Å². The summed E-state index contributed by atoms with van der Waals surface area (Å²) in [6.07, 6.45) is 6.14. The summed E-state index contributed by atoms with van der Waals surface area (Å²) >= 11 is 0. The molecule has 0 radical (unpaired) electrons. The van der Waals surface area contributed by atoms with Crippen molar-refractivity contribution in [3.05, 3.63) is 29.3 Å². The third kappa shape index (κ3) is 3.87. The zero-order valence-electron chi connectivity index (χ0n) is 13.7. The Morgan fingerprint density at radius 2 is 1.87 bits per heavy atom. The summed E-state index contributed by atoms with van der Waals surface area (Å²) in [6, 6.07) is 5.71. The number of aliphatic hydroxyl groups excluding tert-OH is 1. The lowest BCUT2D eigenvalue weighted by Gasteiger charge is -2.31. The van der Waals surface area contributed by atoms with E-state index in [1.165, 1.54) is 29.8 Å². The predicted molar refractivity (Wildman–Crippen MR) is 92.2 cm³/mol. The highest BCUT2D eigenvalue weighted by molar-refractivity contribution is 7.92. The molecule has 0 amide bonds. The first-order chi connectivity index (χ1) is 10.9. The van der Waals surface area contributed by atoms with Gasteiger partial charge in [0.15, 0.2) is 0 Å². The van der Waals surface area contributed by atoms with E-state index in [9.17, 15) is 13.5 Å². The Labute approximate surface area is 139 Å². The van der Waals surface area contributed by atoms with Crippen molar-refractivity contribution in [3.8, 4) is 0 Å². The van der Waals surface area contributed by atoms with Gasteiger partial charge < -0.3 is 10.0 Å². The molecular weight excluding hydrogens is 312 g/mol. The monoisotopic (exact) mass is 338 g/mol. The van der Waals surface area contributed by atoms with Crippen molar-refractivity contribution in [2.24, 2.45) is 0 Å². The molecule has 1 N–H and O–H groups in total. The van der Waals surface area contributed by atoms with E-state index in [0.717, 1.165) is 42.7 Å². The third-order valence-electron chi connectivity index (χ3n) is 4.84. The number of hydrogen-bond donors (Lipinski definition) is 1. The average molecular weight is 338 g/mol. The Kier molecular flexibility index (Phi) is 4.94. The molecule has 5 nitrogen and oxygen atoms in total. The number of piperidine rings is 1. The molecule has 0 aliphatic carbocycles. The quantitative estimate of drug-likeness (QED) is 0.911. The molecule has 128 valence electrons. The Hall–Kier alpha value is -1.11. The zero-order chi connectivity index (χ0) is 16.4. The highest BCUT2D eigenvalue weighted by Crippen LogP contribution is 2.31. The SMILES string of the molecule is CS(=O)(=O)N1CCCc2cc([C@@H](O)CN3CCCCC3)ccc21. The van der Waals surface area contributed by atoms with Gasteiger partial charge in [0.25, 0.3) is 0 Å². The Morgan fingerprint density at radius 1 is 1.13 bits per heavy atom. The van der Waals surface area contributed by atoms with E-state index in [1.54, 1.807) is 0 Å². The first-order valence-electron chi connectivity index (χ1n) is 8.46. The van der Waals surface area contributed by atoms with E-state index in [-0.39, 0.29) is 0 Å². The smallest absolute Gasteiger partial charge is 0.232 e. The van der Waals surface area contributed by atoms with Crippen LogP contribution < -0.4 is 4.31 Å². The maximum absolute atomic E-state index is 11.9. The minimum atomic E-state index is -3.23. The fourth-order valence-corrected chi connectivity index (χ4v) is 4.62. The van der Waals surface area contributed by atoms with Crippen molar-refractivity contribution >= 4 is 15.7 Å². The number of aryl methyl sites for hydroxylation is 1. The van der Waals surface area contributed by atoms with Crippen LogP contribution in [0.5, 0.6) is 0 Å². The number of rotatable bonds is 4. The first kappa shape index (κ1) is 16.7. The Balaban J connectivity index is 1.77. The highest BCUT2D eigenvalue weighted by atomic mass is 32.2. The van der Waals surface area contributed by atoms with Gasteiger partial charge in [-0.25, -0.2) is 8.42 Å². The summed E-state index contributed by atoms with van der Waals surface area (Å²) in [5.41, 5.74) is 2.69. The fraction of sp³-hybridized carbons (Fsp3) is 0.647. The number of aliphatic hydroxyl groups is 1. The second kappa shape index (κ2) is 6.79. The summed E-state index contributed by atoms with van der Waals surface area (Å²) in [6.45, 7) is 3.32. The number of anilines is 1. The van der Waals surface area contributed by atoms with Gasteiger partial charge in [-0.05, 0) is 56.0 Å².